The number of hydrogen-bond donors (Lipinski definition) is 2. The van der Waals surface area contributed by atoms with Gasteiger partial charge in [0.1, 0.15) is 11.3 Å². The van der Waals surface area contributed by atoms with Crippen LogP contribution in [-0.4, -0.2) is 42.7 Å². The van der Waals surface area contributed by atoms with Crippen molar-refractivity contribution >= 4 is 22.6 Å². The van der Waals surface area contributed by atoms with Gasteiger partial charge in [0, 0.05) is 25.0 Å². The normalized spacial score (nSPS) is 20.4. The number of anilines is 1. The van der Waals surface area contributed by atoms with Crippen LogP contribution < -0.4 is 10.1 Å². The molecule has 1 amide bonds. The van der Waals surface area contributed by atoms with Gasteiger partial charge in [-0.25, -0.2) is 0 Å². The number of amides is 1. The molecule has 2 heterocycles. The van der Waals surface area contributed by atoms with Gasteiger partial charge < -0.3 is 24.5 Å². The summed E-state index contributed by atoms with van der Waals surface area (Å²) in [6.07, 6.45) is 9.63. The number of carbonyl (C=O) groups is 1. The summed E-state index contributed by atoms with van der Waals surface area (Å²) in [5.41, 5.74) is 1.24. The average molecular weight is 461 g/mol. The Kier molecular flexibility index (Phi) is 6.44. The van der Waals surface area contributed by atoms with Gasteiger partial charge in [-0.05, 0) is 73.9 Å². The summed E-state index contributed by atoms with van der Waals surface area (Å²) in [4.78, 5) is 15.3. The van der Waals surface area contributed by atoms with E-state index in [2.05, 4.69) is 22.4 Å². The summed E-state index contributed by atoms with van der Waals surface area (Å²) >= 11 is 0. The van der Waals surface area contributed by atoms with E-state index >= 15 is 0 Å². The number of piperidine rings is 1. The van der Waals surface area contributed by atoms with Crippen molar-refractivity contribution in [1.29, 1.82) is 0 Å². The molecule has 1 saturated heterocycles. The highest BCUT2D eigenvalue weighted by Gasteiger charge is 2.35. The molecule has 2 aliphatic rings. The van der Waals surface area contributed by atoms with Crippen molar-refractivity contribution in [1.82, 2.24) is 4.90 Å². The molecule has 1 aromatic heterocycles. The van der Waals surface area contributed by atoms with Crippen molar-refractivity contribution in [2.24, 2.45) is 5.92 Å². The molecular formula is C28H32N2O4. The number of allylic oxidation sites excluding steroid dienone is 2. The number of ether oxygens (including phenoxy) is 1. The first-order valence-corrected chi connectivity index (χ1v) is 12.1. The van der Waals surface area contributed by atoms with Gasteiger partial charge in [-0.3, -0.25) is 4.79 Å². The van der Waals surface area contributed by atoms with Crippen molar-refractivity contribution in [2.75, 3.05) is 32.1 Å². The Morgan fingerprint density at radius 1 is 1.18 bits per heavy atom. The Bertz CT molecular complexity index is 1190. The van der Waals surface area contributed by atoms with Crippen LogP contribution in [0.4, 0.5) is 5.69 Å². The minimum absolute atomic E-state index is 0.224. The molecule has 5 rings (SSSR count). The summed E-state index contributed by atoms with van der Waals surface area (Å²) in [5.74, 6) is 1.20. The van der Waals surface area contributed by atoms with Crippen molar-refractivity contribution in [2.45, 2.75) is 37.7 Å². The summed E-state index contributed by atoms with van der Waals surface area (Å²) < 4.78 is 11.1. The number of hydrogen-bond acceptors (Lipinski definition) is 5. The number of likely N-dealkylation sites (tertiary alicyclic amines) is 1. The maximum absolute atomic E-state index is 12.8. The van der Waals surface area contributed by atoms with E-state index in [1.165, 1.54) is 19.3 Å². The molecule has 0 spiro atoms. The number of aliphatic hydroxyl groups is 1. The molecule has 2 N–H and O–H groups in total. The number of nitrogens with one attached hydrogen (secondary N) is 1. The zero-order valence-corrected chi connectivity index (χ0v) is 19.6. The van der Waals surface area contributed by atoms with E-state index in [4.69, 9.17) is 9.15 Å². The Morgan fingerprint density at radius 3 is 2.76 bits per heavy atom. The fraction of sp³-hybridized carbons (Fsp3) is 0.393. The zero-order valence-electron chi connectivity index (χ0n) is 19.6. The first-order chi connectivity index (χ1) is 16.5. The Morgan fingerprint density at radius 2 is 2.00 bits per heavy atom. The van der Waals surface area contributed by atoms with E-state index in [0.29, 0.717) is 29.9 Å². The second kappa shape index (κ2) is 9.65. The second-order valence-electron chi connectivity index (χ2n) is 9.50. The lowest BCUT2D eigenvalue weighted by Crippen LogP contribution is -2.44. The molecule has 6 heteroatoms. The number of nitrogens with zero attached hydrogens (tertiary/aromatic N) is 1. The van der Waals surface area contributed by atoms with Crippen LogP contribution in [0.5, 0.6) is 5.75 Å². The van der Waals surface area contributed by atoms with Crippen LogP contribution in [0.15, 0.2) is 65.1 Å². The number of para-hydroxylation sites is 2. The molecule has 0 saturated carbocycles. The molecule has 0 bridgehead atoms. The van der Waals surface area contributed by atoms with Gasteiger partial charge in [0.05, 0.1) is 18.4 Å². The van der Waals surface area contributed by atoms with Crippen LogP contribution in [0.3, 0.4) is 0 Å². The largest absolute Gasteiger partial charge is 0.495 e. The van der Waals surface area contributed by atoms with Gasteiger partial charge in [0.2, 0.25) is 0 Å². The molecule has 2 aromatic carbocycles. The molecule has 6 nitrogen and oxygen atoms in total. The summed E-state index contributed by atoms with van der Waals surface area (Å²) in [7, 11) is 1.57. The number of furan rings is 1. The summed E-state index contributed by atoms with van der Waals surface area (Å²) in [6, 6.07) is 14.7. The van der Waals surface area contributed by atoms with Crippen molar-refractivity contribution in [3.05, 3.63) is 72.0 Å². The van der Waals surface area contributed by atoms with Gasteiger partial charge in [-0.1, -0.05) is 30.4 Å². The summed E-state index contributed by atoms with van der Waals surface area (Å²) in [5, 5.41) is 15.1. The topological polar surface area (TPSA) is 74.9 Å². The third-order valence-corrected chi connectivity index (χ3v) is 7.21. The fourth-order valence-corrected chi connectivity index (χ4v) is 5.16. The van der Waals surface area contributed by atoms with Crippen LogP contribution in [0.1, 0.15) is 48.2 Å². The van der Waals surface area contributed by atoms with Gasteiger partial charge in [0.25, 0.3) is 5.91 Å². The predicted molar refractivity (Wildman–Crippen MR) is 133 cm³/mol. The van der Waals surface area contributed by atoms with Gasteiger partial charge in [-0.15, -0.1) is 0 Å². The van der Waals surface area contributed by atoms with E-state index in [0.717, 1.165) is 36.5 Å². The third-order valence-electron chi connectivity index (χ3n) is 7.21. The molecule has 1 aliphatic heterocycles. The lowest BCUT2D eigenvalue weighted by atomic mass is 9.83. The Balaban J connectivity index is 1.27. The maximum atomic E-state index is 12.8. The molecule has 34 heavy (non-hydrogen) atoms. The minimum atomic E-state index is -0.853. The van der Waals surface area contributed by atoms with Crippen molar-refractivity contribution in [3.63, 3.8) is 0 Å². The quantitative estimate of drug-likeness (QED) is 0.486. The molecular weight excluding hydrogens is 428 g/mol. The molecule has 0 radical (unpaired) electrons. The van der Waals surface area contributed by atoms with Gasteiger partial charge in [0.15, 0.2) is 5.76 Å². The van der Waals surface area contributed by atoms with E-state index in [1.54, 1.807) is 25.3 Å². The average Bonchev–Trinajstić information content (AvgIpc) is 3.30. The molecule has 0 unspecified atom stereocenters. The van der Waals surface area contributed by atoms with E-state index in [1.807, 2.05) is 30.3 Å². The highest BCUT2D eigenvalue weighted by molar-refractivity contribution is 6.05. The smallest absolute Gasteiger partial charge is 0.291 e. The van der Waals surface area contributed by atoms with Crippen molar-refractivity contribution < 1.29 is 19.1 Å². The molecule has 1 aliphatic carbocycles. The number of benzene rings is 2. The van der Waals surface area contributed by atoms with Gasteiger partial charge >= 0.3 is 0 Å². The minimum Gasteiger partial charge on any atom is -0.495 e. The molecule has 1 atom stereocenters. The molecule has 1 fully saturated rings. The molecule has 178 valence electrons. The standard InChI is InChI=1S/C28H32N2O4/c1-33-25-10-6-5-9-23(25)29-27(31)26-18-21-17-22(11-12-24(21)34-26)28(32)13-15-30(16-14-28)19-20-7-3-2-4-8-20/h2-3,5-6,9-12,17-18,20,32H,4,7-8,13-16,19H2,1H3,(H,29,31)/t20-/m1/s1. The van der Waals surface area contributed by atoms with Crippen LogP contribution in [-0.2, 0) is 5.60 Å². The van der Waals surface area contributed by atoms with Crippen LogP contribution in [0.25, 0.3) is 11.0 Å². The van der Waals surface area contributed by atoms with Crippen LogP contribution in [0.2, 0.25) is 0 Å². The van der Waals surface area contributed by atoms with E-state index in [-0.39, 0.29) is 11.7 Å². The van der Waals surface area contributed by atoms with Gasteiger partial charge in [-0.2, -0.15) is 0 Å². The number of carbonyl (C=O) groups excluding carboxylic acids is 1. The monoisotopic (exact) mass is 460 g/mol. The predicted octanol–water partition coefficient (Wildman–Crippen LogP) is 5.33. The Labute approximate surface area is 200 Å². The third kappa shape index (κ3) is 4.74. The van der Waals surface area contributed by atoms with E-state index in [9.17, 15) is 9.90 Å². The van der Waals surface area contributed by atoms with Crippen LogP contribution >= 0.6 is 0 Å². The van der Waals surface area contributed by atoms with Crippen LogP contribution in [0, 0.1) is 5.92 Å². The maximum Gasteiger partial charge on any atom is 0.291 e. The summed E-state index contributed by atoms with van der Waals surface area (Å²) in [6.45, 7) is 2.91. The lowest BCUT2D eigenvalue weighted by Gasteiger charge is -2.40. The number of rotatable bonds is 6. The number of fused-ring (bicyclic) bond motifs is 1. The van der Waals surface area contributed by atoms with Crippen molar-refractivity contribution in [3.8, 4) is 5.75 Å². The highest BCUT2D eigenvalue weighted by Crippen LogP contribution is 2.36. The zero-order chi connectivity index (χ0) is 23.5. The highest BCUT2D eigenvalue weighted by atomic mass is 16.5. The first kappa shape index (κ1) is 22.7. The Hall–Kier alpha value is -3.09. The fourth-order valence-electron chi connectivity index (χ4n) is 5.16. The van der Waals surface area contributed by atoms with E-state index < -0.39 is 5.60 Å². The SMILES string of the molecule is COc1ccccc1NC(=O)c1cc2cc(C3(O)CCN(C[C@@H]4CC=CCC4)CC3)ccc2o1. The first-order valence-electron chi connectivity index (χ1n) is 12.1. The number of methoxy groups -OCH3 is 1. The second-order valence-corrected chi connectivity index (χ2v) is 9.50. The molecule has 3 aromatic rings. The lowest BCUT2D eigenvalue weighted by molar-refractivity contribution is -0.0289.